The van der Waals surface area contributed by atoms with Gasteiger partial charge in [-0.3, -0.25) is 4.79 Å². The van der Waals surface area contributed by atoms with E-state index >= 15 is 0 Å². The number of hydrogen-bond donors (Lipinski definition) is 2. The van der Waals surface area contributed by atoms with Crippen molar-refractivity contribution in [3.63, 3.8) is 0 Å². The van der Waals surface area contributed by atoms with Crippen LogP contribution in [0.1, 0.15) is 44.3 Å². The Kier molecular flexibility index (Phi) is 7.91. The molecule has 0 saturated carbocycles. The lowest BCUT2D eigenvalue weighted by Crippen LogP contribution is -2.42. The number of β-amino-alcohol motifs (C(OH)–C–C–N with tert-alkyl or cyclic N) is 1. The molecule has 0 aliphatic heterocycles. The van der Waals surface area contributed by atoms with Crippen molar-refractivity contribution in [1.82, 2.24) is 19.8 Å². The number of carbonyl (C=O) groups excluding carboxylic acids is 1. The minimum Gasteiger partial charge on any atom is -0.491 e. The number of aromatic nitrogens is 2. The molecular formula is C20H30N4O3S. The third-order valence-corrected chi connectivity index (χ3v) is 4.86. The fourth-order valence-corrected chi connectivity index (χ4v) is 3.24. The molecule has 2 rings (SSSR count). The second kappa shape index (κ2) is 9.95. The fraction of sp³-hybridized carbons (Fsp3) is 0.550. The Labute approximate surface area is 170 Å². The predicted octanol–water partition coefficient (Wildman–Crippen LogP) is 2.81. The fourth-order valence-electron chi connectivity index (χ4n) is 2.58. The van der Waals surface area contributed by atoms with Gasteiger partial charge in [-0.15, -0.1) is 5.10 Å². The van der Waals surface area contributed by atoms with E-state index in [1.54, 1.807) is 4.90 Å². The normalized spacial score (nSPS) is 12.6. The maximum absolute atomic E-state index is 12.7. The second-order valence-electron chi connectivity index (χ2n) is 7.55. The van der Waals surface area contributed by atoms with E-state index in [-0.39, 0.29) is 18.1 Å². The molecule has 1 heterocycles. The Balaban J connectivity index is 2.08. The van der Waals surface area contributed by atoms with Gasteiger partial charge >= 0.3 is 0 Å². The number of hydrogen-bond acceptors (Lipinski definition) is 7. The lowest BCUT2D eigenvalue weighted by atomic mass is 10.1. The molecule has 0 fully saturated rings. The molecule has 1 aromatic carbocycles. The molecule has 1 amide bonds. The van der Waals surface area contributed by atoms with Crippen molar-refractivity contribution < 1.29 is 14.6 Å². The largest absolute Gasteiger partial charge is 0.491 e. The smallest absolute Gasteiger partial charge is 0.267 e. The minimum atomic E-state index is -0.622. The summed E-state index contributed by atoms with van der Waals surface area (Å²) in [6.45, 7) is 11.9. The van der Waals surface area contributed by atoms with Crippen molar-refractivity contribution in [2.45, 2.75) is 46.3 Å². The van der Waals surface area contributed by atoms with Gasteiger partial charge in [-0.25, -0.2) is 0 Å². The van der Waals surface area contributed by atoms with E-state index in [0.717, 1.165) is 17.1 Å². The third-order valence-electron chi connectivity index (χ3n) is 4.15. The number of aliphatic hydroxyl groups is 1. The SMILES string of the molecule is CCN(CC)C(=O)c1snnc1-c1cccc(OCC(O)CNC(C)(C)C)c1. The summed E-state index contributed by atoms with van der Waals surface area (Å²) in [5, 5.41) is 17.5. The summed E-state index contributed by atoms with van der Waals surface area (Å²) in [5.74, 6) is 0.548. The van der Waals surface area contributed by atoms with Crippen LogP contribution in [0.5, 0.6) is 5.75 Å². The van der Waals surface area contributed by atoms with Crippen LogP contribution in [0.4, 0.5) is 0 Å². The minimum absolute atomic E-state index is 0.0632. The van der Waals surface area contributed by atoms with Gasteiger partial charge in [0.25, 0.3) is 5.91 Å². The zero-order valence-corrected chi connectivity index (χ0v) is 18.0. The lowest BCUT2D eigenvalue weighted by molar-refractivity contribution is 0.0778. The van der Waals surface area contributed by atoms with Gasteiger partial charge in [-0.05, 0) is 58.3 Å². The molecule has 154 valence electrons. The molecule has 0 bridgehead atoms. The summed E-state index contributed by atoms with van der Waals surface area (Å²) in [5.41, 5.74) is 1.26. The van der Waals surface area contributed by atoms with E-state index < -0.39 is 6.10 Å². The average Bonchev–Trinajstić information content (AvgIpc) is 3.15. The highest BCUT2D eigenvalue weighted by Gasteiger charge is 2.22. The van der Waals surface area contributed by atoms with Crippen molar-refractivity contribution in [3.05, 3.63) is 29.1 Å². The summed E-state index contributed by atoms with van der Waals surface area (Å²) in [6, 6.07) is 7.36. The first kappa shape index (κ1) is 22.3. The second-order valence-corrected chi connectivity index (χ2v) is 8.31. The molecule has 0 aliphatic rings. The number of rotatable bonds is 9. The van der Waals surface area contributed by atoms with Crippen LogP contribution in [0.15, 0.2) is 24.3 Å². The molecule has 28 heavy (non-hydrogen) atoms. The molecule has 8 heteroatoms. The van der Waals surface area contributed by atoms with Crippen LogP contribution in [0.25, 0.3) is 11.3 Å². The monoisotopic (exact) mass is 406 g/mol. The van der Waals surface area contributed by atoms with Gasteiger partial charge in [-0.1, -0.05) is 16.6 Å². The number of nitrogens with zero attached hydrogens (tertiary/aromatic N) is 3. The van der Waals surface area contributed by atoms with Gasteiger partial charge in [0.2, 0.25) is 0 Å². The highest BCUT2D eigenvalue weighted by atomic mass is 32.1. The Morgan fingerprint density at radius 1 is 1.32 bits per heavy atom. The first-order chi connectivity index (χ1) is 13.2. The summed E-state index contributed by atoms with van der Waals surface area (Å²) < 4.78 is 9.71. The molecule has 0 aliphatic carbocycles. The van der Waals surface area contributed by atoms with E-state index in [1.807, 2.05) is 58.9 Å². The zero-order valence-electron chi connectivity index (χ0n) is 17.2. The number of ether oxygens (including phenoxy) is 1. The maximum atomic E-state index is 12.7. The maximum Gasteiger partial charge on any atom is 0.267 e. The van der Waals surface area contributed by atoms with Gasteiger partial charge < -0.3 is 20.1 Å². The standard InChI is InChI=1S/C20H30N4O3S/c1-6-24(7-2)19(26)18-17(22-23-28-18)14-9-8-10-16(11-14)27-13-15(25)12-21-20(3,4)5/h8-11,15,21,25H,6-7,12-13H2,1-5H3. The van der Waals surface area contributed by atoms with Crippen molar-refractivity contribution in [3.8, 4) is 17.0 Å². The van der Waals surface area contributed by atoms with E-state index in [9.17, 15) is 9.90 Å². The average molecular weight is 407 g/mol. The number of benzene rings is 1. The van der Waals surface area contributed by atoms with E-state index in [0.29, 0.717) is 36.0 Å². The molecule has 2 N–H and O–H groups in total. The van der Waals surface area contributed by atoms with Crippen molar-refractivity contribution >= 4 is 17.4 Å². The number of amides is 1. The molecule has 1 unspecified atom stereocenters. The van der Waals surface area contributed by atoms with E-state index in [1.165, 1.54) is 0 Å². The van der Waals surface area contributed by atoms with Crippen LogP contribution in [-0.4, -0.2) is 63.4 Å². The molecule has 2 aromatic rings. The highest BCUT2D eigenvalue weighted by molar-refractivity contribution is 7.08. The van der Waals surface area contributed by atoms with Gasteiger partial charge in [0.15, 0.2) is 0 Å². The summed E-state index contributed by atoms with van der Waals surface area (Å²) in [4.78, 5) is 15.0. The number of aliphatic hydroxyl groups excluding tert-OH is 1. The van der Waals surface area contributed by atoms with E-state index in [4.69, 9.17) is 4.74 Å². The summed E-state index contributed by atoms with van der Waals surface area (Å²) in [6.07, 6.45) is -0.622. The molecule has 0 spiro atoms. The first-order valence-electron chi connectivity index (χ1n) is 9.53. The Bertz CT molecular complexity index is 769. The van der Waals surface area contributed by atoms with Crippen molar-refractivity contribution in [1.29, 1.82) is 0 Å². The Hall–Kier alpha value is -2.03. The quantitative estimate of drug-likeness (QED) is 0.666. The molecular weight excluding hydrogens is 376 g/mol. The van der Waals surface area contributed by atoms with Gasteiger partial charge in [-0.2, -0.15) is 0 Å². The van der Waals surface area contributed by atoms with Crippen molar-refractivity contribution in [2.24, 2.45) is 0 Å². The molecule has 0 radical (unpaired) electrons. The van der Waals surface area contributed by atoms with Crippen LogP contribution < -0.4 is 10.1 Å². The van der Waals surface area contributed by atoms with Gasteiger partial charge in [0, 0.05) is 30.7 Å². The summed E-state index contributed by atoms with van der Waals surface area (Å²) in [7, 11) is 0. The first-order valence-corrected chi connectivity index (χ1v) is 10.3. The van der Waals surface area contributed by atoms with Crippen LogP contribution in [0.2, 0.25) is 0 Å². The number of nitrogens with one attached hydrogen (secondary N) is 1. The Morgan fingerprint density at radius 2 is 2.04 bits per heavy atom. The van der Waals surface area contributed by atoms with Gasteiger partial charge in [0.1, 0.15) is 29.0 Å². The van der Waals surface area contributed by atoms with Crippen LogP contribution in [-0.2, 0) is 0 Å². The zero-order chi connectivity index (χ0) is 20.7. The van der Waals surface area contributed by atoms with Crippen LogP contribution in [0, 0.1) is 0 Å². The molecule has 1 aromatic heterocycles. The van der Waals surface area contributed by atoms with Crippen molar-refractivity contribution in [2.75, 3.05) is 26.2 Å². The van der Waals surface area contributed by atoms with E-state index in [2.05, 4.69) is 14.9 Å². The third kappa shape index (κ3) is 6.25. The lowest BCUT2D eigenvalue weighted by Gasteiger charge is -2.23. The van der Waals surface area contributed by atoms with Crippen LogP contribution in [0.3, 0.4) is 0 Å². The predicted molar refractivity (Wildman–Crippen MR) is 112 cm³/mol. The highest BCUT2D eigenvalue weighted by Crippen LogP contribution is 2.28. The summed E-state index contributed by atoms with van der Waals surface area (Å²) >= 11 is 1.10. The Morgan fingerprint density at radius 3 is 2.68 bits per heavy atom. The molecule has 0 saturated heterocycles. The molecule has 1 atom stereocenters. The topological polar surface area (TPSA) is 87.6 Å². The van der Waals surface area contributed by atoms with Gasteiger partial charge in [0.05, 0.1) is 0 Å². The number of carbonyl (C=O) groups is 1. The van der Waals surface area contributed by atoms with Crippen LogP contribution >= 0.6 is 11.5 Å². The molecule has 7 nitrogen and oxygen atoms in total.